The summed E-state index contributed by atoms with van der Waals surface area (Å²) in [6.45, 7) is 6.23. The molecule has 3 rings (SSSR count). The van der Waals surface area contributed by atoms with E-state index in [0.29, 0.717) is 4.90 Å². The van der Waals surface area contributed by atoms with Crippen LogP contribution in [0.3, 0.4) is 0 Å². The second kappa shape index (κ2) is 19.3. The average Bonchev–Trinajstić information content (AvgIpc) is 3.03. The van der Waals surface area contributed by atoms with Crippen molar-refractivity contribution in [1.82, 2.24) is 0 Å². The van der Waals surface area contributed by atoms with Crippen LogP contribution in [0.2, 0.25) is 0 Å². The Hall–Kier alpha value is -4.86. The van der Waals surface area contributed by atoms with E-state index in [4.69, 9.17) is 47.4 Å². The summed E-state index contributed by atoms with van der Waals surface area (Å²) in [5.41, 5.74) is -1.44. The van der Waals surface area contributed by atoms with E-state index < -0.39 is 120 Å². The Morgan fingerprint density at radius 3 is 1.45 bits per heavy atom. The number of hydrogen-bond donors (Lipinski definition) is 0. The van der Waals surface area contributed by atoms with Gasteiger partial charge in [0.25, 0.3) is 5.69 Å². The van der Waals surface area contributed by atoms with E-state index in [9.17, 15) is 43.7 Å². The van der Waals surface area contributed by atoms with Crippen LogP contribution in [-0.4, -0.2) is 120 Å². The number of carbonyl (C=O) groups excluding carboxylic acids is 7. The minimum atomic E-state index is -1.82. The van der Waals surface area contributed by atoms with Crippen molar-refractivity contribution in [1.29, 1.82) is 0 Å². The highest BCUT2D eigenvalue weighted by atomic mass is 32.2. The maximum absolute atomic E-state index is 12.6. The minimum absolute atomic E-state index is 0.209. The summed E-state index contributed by atoms with van der Waals surface area (Å²) in [5, 5.41) is 11.2. The Bertz CT molecular complexity index is 1530. The van der Waals surface area contributed by atoms with Crippen LogP contribution < -0.4 is 0 Å². The average molecular weight is 774 g/mol. The van der Waals surface area contributed by atoms with Crippen LogP contribution in [0.4, 0.5) is 5.69 Å². The summed E-state index contributed by atoms with van der Waals surface area (Å²) in [6.07, 6.45) is -14.2. The van der Waals surface area contributed by atoms with E-state index in [1.165, 1.54) is 24.3 Å². The first kappa shape index (κ1) is 42.6. The van der Waals surface area contributed by atoms with Gasteiger partial charge in [-0.2, -0.15) is 0 Å². The fourth-order valence-electron chi connectivity index (χ4n) is 5.35. The fraction of sp³-hybridized carbons (Fsp3) is 0.594. The third-order valence-electron chi connectivity index (χ3n) is 7.19. The number of ether oxygens (including phenoxy) is 10. The van der Waals surface area contributed by atoms with Gasteiger partial charge in [-0.3, -0.25) is 43.7 Å². The van der Waals surface area contributed by atoms with E-state index in [2.05, 4.69) is 0 Å². The second-order valence-corrected chi connectivity index (χ2v) is 12.7. The molecular weight excluding hydrogens is 734 g/mol. The van der Waals surface area contributed by atoms with Crippen molar-refractivity contribution < 1.29 is 85.9 Å². The molecule has 2 heterocycles. The number of rotatable bonds is 14. The van der Waals surface area contributed by atoms with Crippen LogP contribution in [0.1, 0.15) is 48.5 Å². The zero-order valence-electron chi connectivity index (χ0n) is 29.6. The van der Waals surface area contributed by atoms with Crippen molar-refractivity contribution in [2.75, 3.05) is 13.2 Å². The van der Waals surface area contributed by atoms with Gasteiger partial charge in [0, 0.05) is 65.5 Å². The number of carbonyl (C=O) groups is 7. The van der Waals surface area contributed by atoms with Gasteiger partial charge in [-0.05, 0) is 12.1 Å². The Morgan fingerprint density at radius 1 is 0.585 bits per heavy atom. The predicted octanol–water partition coefficient (Wildman–Crippen LogP) is 1.31. The van der Waals surface area contributed by atoms with Crippen molar-refractivity contribution in [3.05, 3.63) is 34.4 Å². The molecule has 0 unspecified atom stereocenters. The highest BCUT2D eigenvalue weighted by Crippen LogP contribution is 2.40. The second-order valence-electron chi connectivity index (χ2n) is 11.5. The molecule has 0 bridgehead atoms. The molecule has 0 aromatic heterocycles. The van der Waals surface area contributed by atoms with E-state index >= 15 is 0 Å². The Morgan fingerprint density at radius 2 is 1.00 bits per heavy atom. The zero-order chi connectivity index (χ0) is 39.6. The number of thioether (sulfide) groups is 1. The fourth-order valence-corrected chi connectivity index (χ4v) is 6.45. The molecule has 21 heteroatoms. The van der Waals surface area contributed by atoms with Gasteiger partial charge in [-0.1, -0.05) is 11.8 Å². The third-order valence-corrected chi connectivity index (χ3v) is 8.34. The van der Waals surface area contributed by atoms with E-state index in [0.717, 1.165) is 60.2 Å². The van der Waals surface area contributed by atoms with Gasteiger partial charge in [-0.15, -0.1) is 0 Å². The highest BCUT2D eigenvalue weighted by Gasteiger charge is 2.57. The van der Waals surface area contributed by atoms with Gasteiger partial charge in [0.15, 0.2) is 36.8 Å². The van der Waals surface area contributed by atoms with Gasteiger partial charge in [0.1, 0.15) is 37.0 Å². The highest BCUT2D eigenvalue weighted by molar-refractivity contribution is 7.99. The van der Waals surface area contributed by atoms with Gasteiger partial charge >= 0.3 is 41.8 Å². The molecular formula is C32H39NO19S. The predicted molar refractivity (Wildman–Crippen MR) is 172 cm³/mol. The molecule has 0 spiro atoms. The van der Waals surface area contributed by atoms with Crippen LogP contribution in [0.15, 0.2) is 29.2 Å². The number of nitro groups is 1. The lowest BCUT2D eigenvalue weighted by atomic mass is 9.96. The van der Waals surface area contributed by atoms with Crippen LogP contribution in [0.25, 0.3) is 0 Å². The van der Waals surface area contributed by atoms with E-state index in [1.54, 1.807) is 0 Å². The molecule has 2 aliphatic heterocycles. The number of esters is 7. The molecule has 2 aliphatic rings. The van der Waals surface area contributed by atoms with Gasteiger partial charge in [0.05, 0.1) is 4.92 Å². The summed E-state index contributed by atoms with van der Waals surface area (Å²) in [7, 11) is 0. The molecule has 0 amide bonds. The largest absolute Gasteiger partial charge is 0.463 e. The van der Waals surface area contributed by atoms with Crippen molar-refractivity contribution in [2.45, 2.75) is 114 Å². The smallest absolute Gasteiger partial charge is 0.303 e. The topological polar surface area (TPSA) is 255 Å². The van der Waals surface area contributed by atoms with Gasteiger partial charge in [-0.25, -0.2) is 0 Å². The first-order chi connectivity index (χ1) is 24.9. The Kier molecular flexibility index (Phi) is 15.5. The van der Waals surface area contributed by atoms with Crippen LogP contribution >= 0.6 is 11.8 Å². The van der Waals surface area contributed by atoms with Crippen molar-refractivity contribution in [3.63, 3.8) is 0 Å². The number of non-ortho nitro benzene ring substituents is 1. The molecule has 292 valence electrons. The minimum Gasteiger partial charge on any atom is -0.463 e. The molecule has 2 fully saturated rings. The first-order valence-electron chi connectivity index (χ1n) is 15.9. The SMILES string of the molecule is CC(=O)OC[C@H]1O[C@@H](O[C@H]2[C@H](OC(C)=O)[C@@H](OC(C)=O)[C@H](Sc3ccc([N+](=O)[O-])cc3)O[C@@H]2COC(C)=O)[C@H](OC(C)=O)[C@@H](OC(C)=O)[C@H]1OC(C)=O. The quantitative estimate of drug-likeness (QED) is 0.112. The molecule has 0 radical (unpaired) electrons. The molecule has 0 N–H and O–H groups in total. The summed E-state index contributed by atoms with van der Waals surface area (Å²) in [4.78, 5) is 96.7. The molecule has 20 nitrogen and oxygen atoms in total. The van der Waals surface area contributed by atoms with Crippen LogP contribution in [0, 0.1) is 10.1 Å². The van der Waals surface area contributed by atoms with Crippen LogP contribution in [-0.2, 0) is 80.9 Å². The molecule has 0 aliphatic carbocycles. The maximum Gasteiger partial charge on any atom is 0.303 e. The lowest BCUT2D eigenvalue weighted by Gasteiger charge is -2.48. The summed E-state index contributed by atoms with van der Waals surface area (Å²) < 4.78 is 56.5. The summed E-state index contributed by atoms with van der Waals surface area (Å²) >= 11 is 0.919. The standard InChI is InChI=1S/C32H39NO19S/c1-14(34)43-12-23-25(45-16(3)36)27(46-17(4)37)29(48-19(6)39)31(50-23)52-26-24(13-44-15(2)35)51-32(30(49-20(7)40)28(26)47-18(5)38)53-22-10-8-21(9-11-22)33(41)42/h8-11,23-32H,12-13H2,1-7H3/t23-,24-,25+,26-,27+,28+,29-,30-,31+,32+/m1/s1. The number of nitrogens with zero attached hydrogens (tertiary/aromatic N) is 1. The lowest BCUT2D eigenvalue weighted by molar-refractivity contribution is -0.384. The maximum atomic E-state index is 12.6. The van der Waals surface area contributed by atoms with E-state index in [-0.39, 0.29) is 5.69 Å². The molecule has 1 aromatic carbocycles. The van der Waals surface area contributed by atoms with Gasteiger partial charge < -0.3 is 47.4 Å². The summed E-state index contributed by atoms with van der Waals surface area (Å²) in [6, 6.07) is 5.25. The Labute approximate surface area is 306 Å². The number of nitro benzene ring substituents is 1. The van der Waals surface area contributed by atoms with Crippen molar-refractivity contribution >= 4 is 59.2 Å². The first-order valence-corrected chi connectivity index (χ1v) is 16.7. The Balaban J connectivity index is 2.16. The lowest BCUT2D eigenvalue weighted by Crippen LogP contribution is -2.66. The van der Waals surface area contributed by atoms with E-state index in [1.807, 2.05) is 0 Å². The molecule has 0 saturated carbocycles. The van der Waals surface area contributed by atoms with Gasteiger partial charge in [0.2, 0.25) is 0 Å². The zero-order valence-corrected chi connectivity index (χ0v) is 30.4. The molecule has 10 atom stereocenters. The van der Waals surface area contributed by atoms with Crippen molar-refractivity contribution in [3.8, 4) is 0 Å². The third kappa shape index (κ3) is 12.6. The van der Waals surface area contributed by atoms with Crippen LogP contribution in [0.5, 0.6) is 0 Å². The number of hydrogen-bond acceptors (Lipinski definition) is 20. The van der Waals surface area contributed by atoms with Crippen molar-refractivity contribution in [2.24, 2.45) is 0 Å². The molecule has 2 saturated heterocycles. The molecule has 53 heavy (non-hydrogen) atoms. The normalized spacial score (nSPS) is 28.0. The summed E-state index contributed by atoms with van der Waals surface area (Å²) in [5.74, 6) is -5.99. The monoisotopic (exact) mass is 773 g/mol. The molecule has 1 aromatic rings. The number of benzene rings is 1.